The van der Waals surface area contributed by atoms with Gasteiger partial charge in [-0.3, -0.25) is 4.79 Å². The molecule has 0 fully saturated rings. The minimum Gasteiger partial charge on any atom is -0.494 e. The first-order valence-electron chi connectivity index (χ1n) is 7.75. The molecule has 1 N–H and O–H groups in total. The van der Waals surface area contributed by atoms with E-state index < -0.39 is 0 Å². The van der Waals surface area contributed by atoms with Gasteiger partial charge in [0.2, 0.25) is 5.91 Å². The molecule has 0 heterocycles. The minimum atomic E-state index is 0.0157. The van der Waals surface area contributed by atoms with Crippen molar-refractivity contribution in [3.05, 3.63) is 54.1 Å². The van der Waals surface area contributed by atoms with Crippen molar-refractivity contribution in [1.29, 1.82) is 0 Å². The molecule has 0 unspecified atom stereocenters. The summed E-state index contributed by atoms with van der Waals surface area (Å²) < 4.78 is 5.59. The molecule has 0 saturated carbocycles. The zero-order valence-corrected chi connectivity index (χ0v) is 13.3. The van der Waals surface area contributed by atoms with Crippen molar-refractivity contribution in [2.45, 2.75) is 26.7 Å². The number of nitrogens with one attached hydrogen (secondary N) is 1. The summed E-state index contributed by atoms with van der Waals surface area (Å²) in [6.07, 6.45) is 1.87. The van der Waals surface area contributed by atoms with Gasteiger partial charge in [0.25, 0.3) is 0 Å². The SMILES string of the molecule is CCCOc1ccc(-c2ccc(CCNC(C)=O)cc2)cc1. The number of benzene rings is 2. The van der Waals surface area contributed by atoms with E-state index in [2.05, 4.69) is 48.6 Å². The zero-order valence-electron chi connectivity index (χ0n) is 13.3. The molecule has 2 aromatic carbocycles. The molecule has 2 aromatic rings. The molecular weight excluding hydrogens is 274 g/mol. The summed E-state index contributed by atoms with van der Waals surface area (Å²) >= 11 is 0. The van der Waals surface area contributed by atoms with Crippen LogP contribution in [0.2, 0.25) is 0 Å². The van der Waals surface area contributed by atoms with Crippen LogP contribution in [0.1, 0.15) is 25.8 Å². The van der Waals surface area contributed by atoms with E-state index in [9.17, 15) is 4.79 Å². The topological polar surface area (TPSA) is 38.3 Å². The van der Waals surface area contributed by atoms with Crippen LogP contribution in [0.15, 0.2) is 48.5 Å². The fraction of sp³-hybridized carbons (Fsp3) is 0.316. The predicted octanol–water partition coefficient (Wildman–Crippen LogP) is 3.82. The van der Waals surface area contributed by atoms with Crippen molar-refractivity contribution in [2.24, 2.45) is 0 Å². The van der Waals surface area contributed by atoms with E-state index in [1.165, 1.54) is 23.6 Å². The highest BCUT2D eigenvalue weighted by molar-refractivity contribution is 5.72. The molecule has 0 radical (unpaired) electrons. The van der Waals surface area contributed by atoms with Gasteiger partial charge < -0.3 is 10.1 Å². The predicted molar refractivity (Wildman–Crippen MR) is 90.1 cm³/mol. The highest BCUT2D eigenvalue weighted by Gasteiger charge is 2.00. The average Bonchev–Trinajstić information content (AvgIpc) is 2.54. The van der Waals surface area contributed by atoms with Gasteiger partial charge in [-0.1, -0.05) is 43.3 Å². The molecule has 0 saturated heterocycles. The quantitative estimate of drug-likeness (QED) is 0.843. The van der Waals surface area contributed by atoms with Gasteiger partial charge in [-0.25, -0.2) is 0 Å². The fourth-order valence-corrected chi connectivity index (χ4v) is 2.21. The largest absolute Gasteiger partial charge is 0.494 e. The Morgan fingerprint density at radius 1 is 1.00 bits per heavy atom. The Kier molecular flexibility index (Phi) is 6.01. The number of carbonyl (C=O) groups excluding carboxylic acids is 1. The maximum absolute atomic E-state index is 10.8. The Hall–Kier alpha value is -2.29. The van der Waals surface area contributed by atoms with Crippen molar-refractivity contribution >= 4 is 5.91 Å². The smallest absolute Gasteiger partial charge is 0.216 e. The van der Waals surface area contributed by atoms with Crippen LogP contribution in [0, 0.1) is 0 Å². The van der Waals surface area contributed by atoms with Crippen LogP contribution in [0.4, 0.5) is 0 Å². The molecular formula is C19H23NO2. The van der Waals surface area contributed by atoms with Gasteiger partial charge in [0, 0.05) is 13.5 Å². The Labute approximate surface area is 132 Å². The first-order chi connectivity index (χ1) is 10.7. The fourth-order valence-electron chi connectivity index (χ4n) is 2.21. The molecule has 3 heteroatoms. The first kappa shape index (κ1) is 16.1. The minimum absolute atomic E-state index is 0.0157. The summed E-state index contributed by atoms with van der Waals surface area (Å²) in [5, 5.41) is 2.81. The van der Waals surface area contributed by atoms with Crippen LogP contribution in [0.5, 0.6) is 5.75 Å². The van der Waals surface area contributed by atoms with Crippen molar-refractivity contribution in [2.75, 3.05) is 13.2 Å². The third-order valence-corrected chi connectivity index (χ3v) is 3.40. The van der Waals surface area contributed by atoms with E-state index in [1.54, 1.807) is 0 Å². The molecule has 0 aromatic heterocycles. The van der Waals surface area contributed by atoms with Gasteiger partial charge in [-0.05, 0) is 41.7 Å². The molecule has 0 atom stereocenters. The number of hydrogen-bond acceptors (Lipinski definition) is 2. The van der Waals surface area contributed by atoms with Crippen LogP contribution in [0.25, 0.3) is 11.1 Å². The summed E-state index contributed by atoms with van der Waals surface area (Å²) in [7, 11) is 0. The van der Waals surface area contributed by atoms with Gasteiger partial charge in [0.15, 0.2) is 0 Å². The van der Waals surface area contributed by atoms with Crippen LogP contribution in [-0.2, 0) is 11.2 Å². The number of rotatable bonds is 7. The monoisotopic (exact) mass is 297 g/mol. The zero-order chi connectivity index (χ0) is 15.8. The molecule has 0 bridgehead atoms. The molecule has 3 nitrogen and oxygen atoms in total. The average molecular weight is 297 g/mol. The Morgan fingerprint density at radius 3 is 2.14 bits per heavy atom. The molecule has 1 amide bonds. The summed E-state index contributed by atoms with van der Waals surface area (Å²) in [6, 6.07) is 16.6. The van der Waals surface area contributed by atoms with Crippen molar-refractivity contribution in [3.8, 4) is 16.9 Å². The van der Waals surface area contributed by atoms with E-state index in [4.69, 9.17) is 4.74 Å². The lowest BCUT2D eigenvalue weighted by Gasteiger charge is -2.07. The second kappa shape index (κ2) is 8.23. The Bertz CT molecular complexity index is 588. The van der Waals surface area contributed by atoms with Crippen molar-refractivity contribution in [1.82, 2.24) is 5.32 Å². The third-order valence-electron chi connectivity index (χ3n) is 3.40. The number of carbonyl (C=O) groups is 1. The second-order valence-electron chi connectivity index (χ2n) is 5.30. The summed E-state index contributed by atoms with van der Waals surface area (Å²) in [6.45, 7) is 5.07. The standard InChI is InChI=1S/C19H23NO2/c1-3-14-22-19-10-8-18(9-11-19)17-6-4-16(5-7-17)12-13-20-15(2)21/h4-11H,3,12-14H2,1-2H3,(H,20,21). The van der Waals surface area contributed by atoms with E-state index >= 15 is 0 Å². The summed E-state index contributed by atoms with van der Waals surface area (Å²) in [5.74, 6) is 0.930. The van der Waals surface area contributed by atoms with Gasteiger partial charge in [-0.15, -0.1) is 0 Å². The number of hydrogen-bond donors (Lipinski definition) is 1. The van der Waals surface area contributed by atoms with Gasteiger partial charge in [-0.2, -0.15) is 0 Å². The maximum Gasteiger partial charge on any atom is 0.216 e. The molecule has 116 valence electrons. The first-order valence-corrected chi connectivity index (χ1v) is 7.75. The summed E-state index contributed by atoms with van der Waals surface area (Å²) in [4.78, 5) is 10.8. The maximum atomic E-state index is 10.8. The molecule has 0 aliphatic heterocycles. The van der Waals surface area contributed by atoms with Crippen LogP contribution in [0.3, 0.4) is 0 Å². The van der Waals surface area contributed by atoms with E-state index in [0.717, 1.165) is 25.2 Å². The number of amides is 1. The lowest BCUT2D eigenvalue weighted by atomic mass is 10.0. The molecule has 0 spiro atoms. The highest BCUT2D eigenvalue weighted by atomic mass is 16.5. The van der Waals surface area contributed by atoms with E-state index in [1.807, 2.05) is 12.1 Å². The Morgan fingerprint density at radius 2 is 1.59 bits per heavy atom. The van der Waals surface area contributed by atoms with Crippen LogP contribution >= 0.6 is 0 Å². The normalized spacial score (nSPS) is 10.3. The van der Waals surface area contributed by atoms with Gasteiger partial charge in [0.05, 0.1) is 6.61 Å². The van der Waals surface area contributed by atoms with Gasteiger partial charge in [0.1, 0.15) is 5.75 Å². The van der Waals surface area contributed by atoms with E-state index in [0.29, 0.717) is 6.54 Å². The molecule has 2 rings (SSSR count). The molecule has 0 aliphatic rings. The number of ether oxygens (including phenoxy) is 1. The van der Waals surface area contributed by atoms with Crippen molar-refractivity contribution in [3.63, 3.8) is 0 Å². The highest BCUT2D eigenvalue weighted by Crippen LogP contribution is 2.23. The lowest BCUT2D eigenvalue weighted by molar-refractivity contribution is -0.118. The van der Waals surface area contributed by atoms with Crippen LogP contribution in [-0.4, -0.2) is 19.1 Å². The third kappa shape index (κ3) is 4.92. The van der Waals surface area contributed by atoms with E-state index in [-0.39, 0.29) is 5.91 Å². The van der Waals surface area contributed by atoms with Crippen LogP contribution < -0.4 is 10.1 Å². The Balaban J connectivity index is 1.96. The second-order valence-corrected chi connectivity index (χ2v) is 5.30. The lowest BCUT2D eigenvalue weighted by Crippen LogP contribution is -2.22. The summed E-state index contributed by atoms with van der Waals surface area (Å²) in [5.41, 5.74) is 3.59. The molecule has 22 heavy (non-hydrogen) atoms. The van der Waals surface area contributed by atoms with Crippen molar-refractivity contribution < 1.29 is 9.53 Å². The van der Waals surface area contributed by atoms with Gasteiger partial charge >= 0.3 is 0 Å². The molecule has 0 aliphatic carbocycles.